The van der Waals surface area contributed by atoms with Crippen LogP contribution in [0.5, 0.6) is 0 Å². The molecule has 2 aliphatic rings. The predicted octanol–water partition coefficient (Wildman–Crippen LogP) is 4.09. The van der Waals surface area contributed by atoms with Gasteiger partial charge in [0.2, 0.25) is 0 Å². The first kappa shape index (κ1) is 20.1. The zero-order valence-corrected chi connectivity index (χ0v) is 18.3. The van der Waals surface area contributed by atoms with Crippen molar-refractivity contribution in [2.24, 2.45) is 5.92 Å². The molecule has 0 N–H and O–H groups in total. The average molecular weight is 411 g/mol. The van der Waals surface area contributed by atoms with Gasteiger partial charge in [-0.1, -0.05) is 60.6 Å². The van der Waals surface area contributed by atoms with Gasteiger partial charge in [0.25, 0.3) is 0 Å². The van der Waals surface area contributed by atoms with E-state index in [-0.39, 0.29) is 0 Å². The van der Waals surface area contributed by atoms with Crippen molar-refractivity contribution in [3.05, 3.63) is 84.5 Å². The molecule has 1 aliphatic heterocycles. The van der Waals surface area contributed by atoms with E-state index in [1.165, 1.54) is 37.6 Å². The molecule has 3 aromatic rings. The average Bonchev–Trinajstić information content (AvgIpc) is 2.86. The quantitative estimate of drug-likeness (QED) is 0.480. The lowest BCUT2D eigenvalue weighted by Crippen LogP contribution is -2.70. The topological polar surface area (TPSA) is 41.4 Å². The van der Waals surface area contributed by atoms with Crippen LogP contribution in [0.4, 0.5) is 0 Å². The van der Waals surface area contributed by atoms with Crippen LogP contribution in [0, 0.1) is 5.92 Å². The fourth-order valence-electron chi connectivity index (χ4n) is 5.91. The third-order valence-corrected chi connectivity index (χ3v) is 7.30. The van der Waals surface area contributed by atoms with Crippen molar-refractivity contribution in [2.45, 2.75) is 38.5 Å². The molecular weight excluding hydrogens is 381 g/mol. The summed E-state index contributed by atoms with van der Waals surface area (Å²) in [6.07, 6.45) is 11.8. The highest BCUT2D eigenvalue weighted by molar-refractivity contribution is 7.10. The number of aromatic nitrogens is 3. The fraction of sp³-hybridized carbons (Fsp3) is 0.346. The molecule has 0 atom stereocenters. The van der Waals surface area contributed by atoms with Crippen molar-refractivity contribution in [2.75, 3.05) is 13.7 Å². The number of nitrogens with zero attached hydrogens (tertiary/aromatic N) is 3. The highest BCUT2D eigenvalue weighted by atomic mass is 16.6. The van der Waals surface area contributed by atoms with Crippen LogP contribution in [0.2, 0.25) is 0 Å². The molecular formula is C26H30BN3O. The smallest absolute Gasteiger partial charge is 0.413 e. The summed E-state index contributed by atoms with van der Waals surface area (Å²) >= 11 is 0. The van der Waals surface area contributed by atoms with Gasteiger partial charge >= 0.3 is 6.35 Å². The normalized spacial score (nSPS) is 20.0. The SMILES string of the molecule is C[O+]1CCC(C2CCCCC2)=C(c2ccccn2)[B-]1(c1ccccn1)c1ccccn1. The molecule has 0 aromatic carbocycles. The monoisotopic (exact) mass is 411 g/mol. The van der Waals surface area contributed by atoms with Crippen LogP contribution in [0.15, 0.2) is 78.8 Å². The number of rotatable bonds is 4. The molecule has 158 valence electrons. The Morgan fingerprint density at radius 1 is 0.774 bits per heavy atom. The highest BCUT2D eigenvalue weighted by Gasteiger charge is 2.52. The van der Waals surface area contributed by atoms with Crippen molar-refractivity contribution < 1.29 is 4.28 Å². The Bertz CT molecular complexity index is 995. The van der Waals surface area contributed by atoms with Gasteiger partial charge in [0.15, 0.2) is 0 Å². The predicted molar refractivity (Wildman–Crippen MR) is 128 cm³/mol. The van der Waals surface area contributed by atoms with Crippen LogP contribution in [0.3, 0.4) is 0 Å². The minimum absolute atomic E-state index is 0.619. The van der Waals surface area contributed by atoms with E-state index in [1.54, 1.807) is 5.57 Å². The van der Waals surface area contributed by atoms with Gasteiger partial charge in [-0.15, -0.1) is 0 Å². The molecule has 0 radical (unpaired) electrons. The second-order valence-electron chi connectivity index (χ2n) is 8.93. The maximum atomic E-state index is 4.92. The summed E-state index contributed by atoms with van der Waals surface area (Å²) in [4.78, 5) is 14.7. The zero-order valence-electron chi connectivity index (χ0n) is 18.3. The summed E-state index contributed by atoms with van der Waals surface area (Å²) in [5.74, 6) is 0.619. The van der Waals surface area contributed by atoms with Gasteiger partial charge in [-0.3, -0.25) is 15.0 Å². The van der Waals surface area contributed by atoms with E-state index < -0.39 is 6.35 Å². The Hall–Kier alpha value is -2.79. The summed E-state index contributed by atoms with van der Waals surface area (Å²) in [5.41, 5.74) is 6.03. The number of hydrogen-bond acceptors (Lipinski definition) is 3. The van der Waals surface area contributed by atoms with Gasteiger partial charge in [-0.05, 0) is 54.2 Å². The first-order valence-corrected chi connectivity index (χ1v) is 11.6. The highest BCUT2D eigenvalue weighted by Crippen LogP contribution is 2.43. The molecule has 1 fully saturated rings. The van der Waals surface area contributed by atoms with Gasteiger partial charge in [0, 0.05) is 30.7 Å². The van der Waals surface area contributed by atoms with Crippen LogP contribution >= 0.6 is 0 Å². The number of pyridine rings is 3. The molecule has 4 nitrogen and oxygen atoms in total. The van der Waals surface area contributed by atoms with E-state index >= 15 is 0 Å². The minimum atomic E-state index is -1.57. The van der Waals surface area contributed by atoms with Gasteiger partial charge in [0.1, 0.15) is 6.61 Å². The fourth-order valence-corrected chi connectivity index (χ4v) is 5.91. The molecule has 0 unspecified atom stereocenters. The van der Waals surface area contributed by atoms with Crippen LogP contribution < -0.4 is 11.2 Å². The van der Waals surface area contributed by atoms with Crippen molar-refractivity contribution in [3.8, 4) is 0 Å². The summed E-state index contributed by atoms with van der Waals surface area (Å²) < 4.78 is 3.53. The molecule has 4 heterocycles. The Morgan fingerprint density at radius 2 is 1.39 bits per heavy atom. The standard InChI is InChI=1S/C26H30BN3O/c1-31-20-16-22(21-11-3-2-4-12-21)26(23-13-5-8-17-28-23)27(31,24-14-6-9-18-29-24)25-15-7-10-19-30-25/h5-10,13-15,17-19,21H,2-4,11-12,16,20H2,1H3. The van der Waals surface area contributed by atoms with Gasteiger partial charge in [-0.2, -0.15) is 0 Å². The first-order chi connectivity index (χ1) is 15.3. The first-order valence-electron chi connectivity index (χ1n) is 11.6. The van der Waals surface area contributed by atoms with Crippen molar-refractivity contribution in [1.29, 1.82) is 0 Å². The molecule has 0 spiro atoms. The Balaban J connectivity index is 1.85. The largest absolute Gasteiger partial charge is 0.660 e. The molecule has 5 heteroatoms. The maximum absolute atomic E-state index is 4.92. The Morgan fingerprint density at radius 3 is 1.94 bits per heavy atom. The Kier molecular flexibility index (Phi) is 5.69. The van der Waals surface area contributed by atoms with Crippen molar-refractivity contribution in [1.82, 2.24) is 15.0 Å². The summed E-state index contributed by atoms with van der Waals surface area (Å²) in [7, 11) is 2.16. The summed E-state index contributed by atoms with van der Waals surface area (Å²) in [5, 5.41) is 0. The summed E-state index contributed by atoms with van der Waals surface area (Å²) in [6, 6.07) is 18.8. The lowest BCUT2D eigenvalue weighted by atomic mass is 9.28. The van der Waals surface area contributed by atoms with Gasteiger partial charge in [0.05, 0.1) is 7.11 Å². The van der Waals surface area contributed by atoms with Crippen LogP contribution in [0.1, 0.15) is 44.2 Å². The molecule has 0 amide bonds. The zero-order chi connectivity index (χ0) is 21.1. The molecule has 31 heavy (non-hydrogen) atoms. The summed E-state index contributed by atoms with van der Waals surface area (Å²) in [6.45, 7) is 0.926. The second kappa shape index (κ2) is 8.76. The van der Waals surface area contributed by atoms with E-state index in [2.05, 4.69) is 47.8 Å². The molecule has 1 saturated carbocycles. The molecule has 3 aromatic heterocycles. The van der Waals surface area contributed by atoms with Crippen molar-refractivity contribution >= 4 is 23.0 Å². The molecule has 0 bridgehead atoms. The minimum Gasteiger partial charge on any atom is -0.660 e. The van der Waals surface area contributed by atoms with E-state index in [0.717, 1.165) is 29.9 Å². The van der Waals surface area contributed by atoms with E-state index in [4.69, 9.17) is 15.0 Å². The van der Waals surface area contributed by atoms with Gasteiger partial charge < -0.3 is 4.28 Å². The van der Waals surface area contributed by atoms with Crippen LogP contribution in [-0.2, 0) is 4.28 Å². The third-order valence-electron chi connectivity index (χ3n) is 7.30. The van der Waals surface area contributed by atoms with Gasteiger partial charge in [-0.25, -0.2) is 0 Å². The van der Waals surface area contributed by atoms with E-state index in [1.807, 2.05) is 36.8 Å². The van der Waals surface area contributed by atoms with Crippen LogP contribution in [-0.4, -0.2) is 35.0 Å². The molecule has 0 saturated heterocycles. The third kappa shape index (κ3) is 3.51. The second-order valence-corrected chi connectivity index (χ2v) is 8.93. The lowest BCUT2D eigenvalue weighted by molar-refractivity contribution is 0.0518. The molecule has 1 aliphatic carbocycles. The Labute approximate surface area is 185 Å². The lowest BCUT2D eigenvalue weighted by Gasteiger charge is -2.51. The maximum Gasteiger partial charge on any atom is 0.413 e. The van der Waals surface area contributed by atoms with Crippen LogP contribution in [0.25, 0.3) is 5.47 Å². The number of hydrogen-bond donors (Lipinski definition) is 0. The van der Waals surface area contributed by atoms with Crippen molar-refractivity contribution in [3.63, 3.8) is 0 Å². The molecule has 5 rings (SSSR count). The van der Waals surface area contributed by atoms with E-state index in [0.29, 0.717) is 5.92 Å². The van der Waals surface area contributed by atoms with E-state index in [9.17, 15) is 0 Å².